The van der Waals surface area contributed by atoms with Gasteiger partial charge in [0.1, 0.15) is 0 Å². The van der Waals surface area contributed by atoms with Crippen LogP contribution >= 0.6 is 0 Å². The molecule has 0 spiro atoms. The average molecular weight is 259 g/mol. The third kappa shape index (κ3) is 1.52. The fourth-order valence-corrected chi connectivity index (χ4v) is 3.33. The van der Waals surface area contributed by atoms with Gasteiger partial charge < -0.3 is 10.4 Å². The van der Waals surface area contributed by atoms with Crippen LogP contribution in [0.4, 0.5) is 5.69 Å². The topological polar surface area (TPSA) is 66.4 Å². The number of amides is 1. The van der Waals surface area contributed by atoms with Gasteiger partial charge in [-0.2, -0.15) is 0 Å². The Morgan fingerprint density at radius 1 is 1.37 bits per heavy atom. The average Bonchev–Trinajstić information content (AvgIpc) is 2.61. The Balaban J connectivity index is 2.27. The molecule has 0 radical (unpaired) electrons. The van der Waals surface area contributed by atoms with E-state index in [9.17, 15) is 14.7 Å². The van der Waals surface area contributed by atoms with Crippen molar-refractivity contribution in [3.05, 3.63) is 28.3 Å². The second kappa shape index (κ2) is 3.83. The number of nitrogens with one attached hydrogen (secondary N) is 1. The number of carboxylic acids is 1. The molecule has 0 unspecified atom stereocenters. The van der Waals surface area contributed by atoms with E-state index in [1.165, 1.54) is 0 Å². The van der Waals surface area contributed by atoms with E-state index in [0.717, 1.165) is 34.4 Å². The largest absolute Gasteiger partial charge is 0.481 e. The third-order valence-electron chi connectivity index (χ3n) is 4.64. The number of hydrogen-bond acceptors (Lipinski definition) is 2. The number of hydrogen-bond donors (Lipinski definition) is 2. The maximum atomic E-state index is 11.7. The lowest BCUT2D eigenvalue weighted by molar-refractivity contribution is -0.147. The van der Waals surface area contributed by atoms with Gasteiger partial charge >= 0.3 is 5.97 Å². The maximum Gasteiger partial charge on any atom is 0.314 e. The summed E-state index contributed by atoms with van der Waals surface area (Å²) >= 11 is 0. The summed E-state index contributed by atoms with van der Waals surface area (Å²) in [5, 5.41) is 12.5. The number of aryl methyl sites for hydroxylation is 1. The highest BCUT2D eigenvalue weighted by Crippen LogP contribution is 2.50. The number of fused-ring (bicyclic) bond motifs is 1. The van der Waals surface area contributed by atoms with Crippen molar-refractivity contribution in [2.75, 3.05) is 5.32 Å². The summed E-state index contributed by atoms with van der Waals surface area (Å²) in [6, 6.07) is 2.00. The summed E-state index contributed by atoms with van der Waals surface area (Å²) in [6.45, 7) is 3.94. The fourth-order valence-electron chi connectivity index (χ4n) is 3.33. The van der Waals surface area contributed by atoms with Crippen molar-refractivity contribution in [1.82, 2.24) is 0 Å². The fraction of sp³-hybridized carbons (Fsp3) is 0.467. The smallest absolute Gasteiger partial charge is 0.314 e. The molecule has 100 valence electrons. The second-order valence-corrected chi connectivity index (χ2v) is 5.69. The predicted octanol–water partition coefficient (Wildman–Crippen LogP) is 2.30. The van der Waals surface area contributed by atoms with E-state index in [1.54, 1.807) is 0 Å². The van der Waals surface area contributed by atoms with Crippen LogP contribution in [-0.4, -0.2) is 17.0 Å². The first kappa shape index (κ1) is 12.2. The Morgan fingerprint density at radius 3 is 2.58 bits per heavy atom. The van der Waals surface area contributed by atoms with Crippen molar-refractivity contribution >= 4 is 17.6 Å². The van der Waals surface area contributed by atoms with Crippen LogP contribution in [0, 0.1) is 13.8 Å². The Morgan fingerprint density at radius 2 is 2.05 bits per heavy atom. The molecule has 2 aliphatic rings. The van der Waals surface area contributed by atoms with Gasteiger partial charge in [-0.3, -0.25) is 9.59 Å². The lowest BCUT2D eigenvalue weighted by atomic mass is 9.62. The first-order chi connectivity index (χ1) is 8.95. The Labute approximate surface area is 111 Å². The van der Waals surface area contributed by atoms with Crippen LogP contribution in [0.1, 0.15) is 41.5 Å². The zero-order valence-corrected chi connectivity index (χ0v) is 11.2. The SMILES string of the molecule is Cc1cc2c(c(C3(C(=O)O)CCC3)c1C)NC(=O)C2. The number of benzene rings is 1. The van der Waals surface area contributed by atoms with Crippen molar-refractivity contribution in [1.29, 1.82) is 0 Å². The molecule has 0 bridgehead atoms. The summed E-state index contributed by atoms with van der Waals surface area (Å²) in [6.07, 6.45) is 2.62. The summed E-state index contributed by atoms with van der Waals surface area (Å²) in [4.78, 5) is 23.4. The number of anilines is 1. The molecule has 2 N–H and O–H groups in total. The van der Waals surface area contributed by atoms with Gasteiger partial charge in [0, 0.05) is 5.69 Å². The minimum Gasteiger partial charge on any atom is -0.481 e. The zero-order valence-electron chi connectivity index (χ0n) is 11.2. The molecule has 1 aliphatic carbocycles. The van der Waals surface area contributed by atoms with Crippen LogP contribution in [-0.2, 0) is 21.4 Å². The van der Waals surface area contributed by atoms with Gasteiger partial charge in [-0.15, -0.1) is 0 Å². The van der Waals surface area contributed by atoms with Gasteiger partial charge in [-0.05, 0) is 48.9 Å². The third-order valence-corrected chi connectivity index (χ3v) is 4.64. The standard InChI is InChI=1S/C15H17NO3/c1-8-6-10-7-11(17)16-13(10)12(9(8)2)15(14(18)19)4-3-5-15/h6H,3-5,7H2,1-2H3,(H,16,17)(H,18,19). The first-order valence-corrected chi connectivity index (χ1v) is 6.62. The molecule has 0 atom stereocenters. The highest BCUT2D eigenvalue weighted by molar-refractivity contribution is 6.02. The van der Waals surface area contributed by atoms with E-state index in [-0.39, 0.29) is 5.91 Å². The molecule has 4 heteroatoms. The second-order valence-electron chi connectivity index (χ2n) is 5.69. The van der Waals surface area contributed by atoms with E-state index >= 15 is 0 Å². The minimum atomic E-state index is -0.794. The molecular formula is C15H17NO3. The summed E-state index contributed by atoms with van der Waals surface area (Å²) < 4.78 is 0. The number of carbonyl (C=O) groups is 2. The van der Waals surface area contributed by atoms with Gasteiger partial charge in [0.15, 0.2) is 0 Å². The lowest BCUT2D eigenvalue weighted by Crippen LogP contribution is -2.43. The molecule has 3 rings (SSSR count). The molecule has 1 saturated carbocycles. The molecular weight excluding hydrogens is 242 g/mol. The van der Waals surface area contributed by atoms with E-state index in [1.807, 2.05) is 19.9 Å². The Bertz CT molecular complexity index is 600. The van der Waals surface area contributed by atoms with Crippen LogP contribution in [0.2, 0.25) is 0 Å². The molecule has 1 aromatic rings. The maximum absolute atomic E-state index is 11.7. The minimum absolute atomic E-state index is 0.0406. The highest BCUT2D eigenvalue weighted by atomic mass is 16.4. The number of carbonyl (C=O) groups excluding carboxylic acids is 1. The van der Waals surface area contributed by atoms with Crippen molar-refractivity contribution in [3.63, 3.8) is 0 Å². The van der Waals surface area contributed by atoms with Crippen LogP contribution in [0.5, 0.6) is 0 Å². The molecule has 0 aromatic heterocycles. The van der Waals surface area contributed by atoms with Crippen molar-refractivity contribution in [3.8, 4) is 0 Å². The van der Waals surface area contributed by atoms with Gasteiger partial charge in [0.05, 0.1) is 11.8 Å². The predicted molar refractivity (Wildman–Crippen MR) is 71.4 cm³/mol. The molecule has 1 heterocycles. The molecule has 0 saturated heterocycles. The summed E-state index contributed by atoms with van der Waals surface area (Å²) in [5.74, 6) is -0.808. The first-order valence-electron chi connectivity index (χ1n) is 6.62. The quantitative estimate of drug-likeness (QED) is 0.856. The molecule has 19 heavy (non-hydrogen) atoms. The molecule has 1 aromatic carbocycles. The van der Waals surface area contributed by atoms with E-state index in [0.29, 0.717) is 19.3 Å². The van der Waals surface area contributed by atoms with E-state index in [4.69, 9.17) is 0 Å². The highest BCUT2D eigenvalue weighted by Gasteiger charge is 2.49. The van der Waals surface area contributed by atoms with Gasteiger partial charge in [-0.1, -0.05) is 12.5 Å². The molecule has 1 fully saturated rings. The summed E-state index contributed by atoms with van der Waals surface area (Å²) in [5.41, 5.74) is 3.82. The van der Waals surface area contributed by atoms with Crippen LogP contribution in [0.15, 0.2) is 6.07 Å². The van der Waals surface area contributed by atoms with Gasteiger partial charge in [0.25, 0.3) is 0 Å². The van der Waals surface area contributed by atoms with Crippen LogP contribution < -0.4 is 5.32 Å². The molecule has 1 aliphatic heterocycles. The van der Waals surface area contributed by atoms with Gasteiger partial charge in [-0.25, -0.2) is 0 Å². The molecule has 1 amide bonds. The van der Waals surface area contributed by atoms with Crippen LogP contribution in [0.25, 0.3) is 0 Å². The number of carboxylic acid groups (broad SMARTS) is 1. The van der Waals surface area contributed by atoms with E-state index < -0.39 is 11.4 Å². The normalized spacial score (nSPS) is 19.6. The van der Waals surface area contributed by atoms with E-state index in [2.05, 4.69) is 5.32 Å². The number of aliphatic carboxylic acids is 1. The van der Waals surface area contributed by atoms with Crippen molar-refractivity contribution in [2.45, 2.75) is 44.9 Å². The van der Waals surface area contributed by atoms with Gasteiger partial charge in [0.2, 0.25) is 5.91 Å². The monoisotopic (exact) mass is 259 g/mol. The number of rotatable bonds is 2. The lowest BCUT2D eigenvalue weighted by Gasteiger charge is -2.40. The van der Waals surface area contributed by atoms with Crippen LogP contribution in [0.3, 0.4) is 0 Å². The Hall–Kier alpha value is -1.84. The summed E-state index contributed by atoms with van der Waals surface area (Å²) in [7, 11) is 0. The van der Waals surface area contributed by atoms with Crippen molar-refractivity contribution < 1.29 is 14.7 Å². The molecule has 4 nitrogen and oxygen atoms in total. The zero-order chi connectivity index (χ0) is 13.8. The Kier molecular flexibility index (Phi) is 2.46. The van der Waals surface area contributed by atoms with Crippen molar-refractivity contribution in [2.24, 2.45) is 0 Å².